The Bertz CT molecular complexity index is 1200. The van der Waals surface area contributed by atoms with Crippen LogP contribution in [0.4, 0.5) is 10.1 Å². The maximum atomic E-state index is 13.1. The van der Waals surface area contributed by atoms with Gasteiger partial charge in [-0.05, 0) is 65.9 Å². The van der Waals surface area contributed by atoms with Gasteiger partial charge in [0.15, 0.2) is 5.17 Å². The molecule has 0 unspecified atom stereocenters. The number of hydrogen-bond donors (Lipinski definition) is 1. The van der Waals surface area contributed by atoms with Crippen LogP contribution in [-0.4, -0.2) is 11.1 Å². The van der Waals surface area contributed by atoms with Crippen LogP contribution in [0.25, 0.3) is 6.08 Å². The molecule has 1 fully saturated rings. The molecule has 0 atom stereocenters. The fraction of sp³-hybridized carbons (Fsp3) is 0.0435. The monoisotopic (exact) mass is 472 g/mol. The fourth-order valence-corrected chi connectivity index (χ4v) is 3.93. The number of rotatable bonds is 5. The van der Waals surface area contributed by atoms with Crippen LogP contribution in [0.2, 0.25) is 10.0 Å². The molecule has 156 valence electrons. The highest BCUT2D eigenvalue weighted by atomic mass is 35.5. The summed E-state index contributed by atoms with van der Waals surface area (Å²) in [4.78, 5) is 17.2. The maximum Gasteiger partial charge on any atom is 0.264 e. The summed E-state index contributed by atoms with van der Waals surface area (Å²) in [6.45, 7) is 0.299. The second kappa shape index (κ2) is 9.56. The van der Waals surface area contributed by atoms with Gasteiger partial charge in [0, 0.05) is 5.56 Å². The third-order valence-electron chi connectivity index (χ3n) is 4.29. The van der Waals surface area contributed by atoms with Gasteiger partial charge in [-0.15, -0.1) is 0 Å². The lowest BCUT2D eigenvalue weighted by Gasteiger charge is -2.10. The van der Waals surface area contributed by atoms with Crippen molar-refractivity contribution >= 4 is 57.8 Å². The van der Waals surface area contributed by atoms with Gasteiger partial charge in [0.05, 0.1) is 20.6 Å². The van der Waals surface area contributed by atoms with Gasteiger partial charge in [-0.3, -0.25) is 4.79 Å². The first-order chi connectivity index (χ1) is 15.0. The zero-order valence-corrected chi connectivity index (χ0v) is 18.3. The van der Waals surface area contributed by atoms with Gasteiger partial charge in [-0.2, -0.15) is 0 Å². The maximum absolute atomic E-state index is 13.1. The first-order valence-corrected chi connectivity index (χ1v) is 10.8. The Morgan fingerprint density at radius 3 is 2.58 bits per heavy atom. The van der Waals surface area contributed by atoms with Crippen LogP contribution < -0.4 is 10.1 Å². The lowest BCUT2D eigenvalue weighted by Crippen LogP contribution is -2.19. The Labute approximate surface area is 192 Å². The molecule has 3 aromatic rings. The molecule has 1 saturated heterocycles. The summed E-state index contributed by atoms with van der Waals surface area (Å²) in [6, 6.07) is 18.5. The molecule has 31 heavy (non-hydrogen) atoms. The third-order valence-corrected chi connectivity index (χ3v) is 5.94. The first kappa shape index (κ1) is 21.4. The molecular weight excluding hydrogens is 458 g/mol. The molecule has 0 spiro atoms. The van der Waals surface area contributed by atoms with Crippen molar-refractivity contribution in [3.05, 3.63) is 98.6 Å². The van der Waals surface area contributed by atoms with Crippen LogP contribution in [0.15, 0.2) is 76.6 Å². The van der Waals surface area contributed by atoms with E-state index in [0.29, 0.717) is 38.2 Å². The first-order valence-electron chi connectivity index (χ1n) is 9.19. The van der Waals surface area contributed by atoms with Gasteiger partial charge in [0.25, 0.3) is 5.91 Å². The normalized spacial score (nSPS) is 16.0. The molecule has 3 aromatic carbocycles. The van der Waals surface area contributed by atoms with E-state index in [1.807, 2.05) is 30.3 Å². The summed E-state index contributed by atoms with van der Waals surface area (Å²) in [5.74, 6) is 0.0219. The Morgan fingerprint density at radius 1 is 1.03 bits per heavy atom. The van der Waals surface area contributed by atoms with Crippen molar-refractivity contribution in [2.24, 2.45) is 4.99 Å². The Balaban J connectivity index is 1.51. The molecule has 8 heteroatoms. The molecule has 0 bridgehead atoms. The van der Waals surface area contributed by atoms with Gasteiger partial charge >= 0.3 is 0 Å². The average molecular weight is 473 g/mol. The molecule has 1 amide bonds. The highest BCUT2D eigenvalue weighted by molar-refractivity contribution is 8.18. The number of amides is 1. The molecule has 1 aliphatic rings. The number of nitrogens with zero attached hydrogens (tertiary/aromatic N) is 1. The number of para-hydroxylation sites is 1. The van der Waals surface area contributed by atoms with Crippen molar-refractivity contribution in [3.8, 4) is 5.75 Å². The van der Waals surface area contributed by atoms with E-state index in [9.17, 15) is 9.18 Å². The Kier molecular flexibility index (Phi) is 6.61. The van der Waals surface area contributed by atoms with E-state index in [0.717, 1.165) is 11.1 Å². The summed E-state index contributed by atoms with van der Waals surface area (Å²) in [5.41, 5.74) is 2.18. The molecule has 0 saturated carbocycles. The Hall–Kier alpha value is -2.80. The lowest BCUT2D eigenvalue weighted by molar-refractivity contribution is -0.115. The lowest BCUT2D eigenvalue weighted by atomic mass is 10.2. The van der Waals surface area contributed by atoms with E-state index in [4.69, 9.17) is 27.9 Å². The van der Waals surface area contributed by atoms with Gasteiger partial charge in [-0.1, -0.05) is 47.5 Å². The van der Waals surface area contributed by atoms with Crippen LogP contribution in [0.5, 0.6) is 5.75 Å². The van der Waals surface area contributed by atoms with E-state index >= 15 is 0 Å². The Morgan fingerprint density at radius 2 is 1.81 bits per heavy atom. The van der Waals surface area contributed by atoms with Crippen LogP contribution in [0.1, 0.15) is 11.1 Å². The molecule has 4 nitrogen and oxygen atoms in total. The van der Waals surface area contributed by atoms with Crippen LogP contribution in [0, 0.1) is 5.82 Å². The minimum absolute atomic E-state index is 0.259. The van der Waals surface area contributed by atoms with Crippen molar-refractivity contribution in [1.82, 2.24) is 5.32 Å². The van der Waals surface area contributed by atoms with Crippen molar-refractivity contribution in [3.63, 3.8) is 0 Å². The summed E-state index contributed by atoms with van der Waals surface area (Å²) in [7, 11) is 0. The smallest absolute Gasteiger partial charge is 0.264 e. The summed E-state index contributed by atoms with van der Waals surface area (Å²) < 4.78 is 19.0. The van der Waals surface area contributed by atoms with Gasteiger partial charge in [-0.25, -0.2) is 9.38 Å². The third kappa shape index (κ3) is 5.47. The van der Waals surface area contributed by atoms with Gasteiger partial charge in [0.2, 0.25) is 0 Å². The zero-order chi connectivity index (χ0) is 21.8. The molecule has 0 aliphatic carbocycles. The molecular formula is C23H15Cl2FN2O2S. The van der Waals surface area contributed by atoms with Crippen LogP contribution in [-0.2, 0) is 11.4 Å². The van der Waals surface area contributed by atoms with Crippen molar-refractivity contribution in [2.75, 3.05) is 0 Å². The van der Waals surface area contributed by atoms with Crippen molar-refractivity contribution in [1.29, 1.82) is 0 Å². The predicted molar refractivity (Wildman–Crippen MR) is 124 cm³/mol. The fourth-order valence-electron chi connectivity index (χ4n) is 2.78. The summed E-state index contributed by atoms with van der Waals surface area (Å²) in [5, 5.41) is 4.10. The standard InChI is InChI=1S/C23H15Cl2FN2O2S/c24-18-10-5-14(11-19(18)25)13-30-20-4-2-1-3-15(20)12-21-22(29)28-23(31-21)27-17-8-6-16(26)7-9-17/h1-12H,13H2,(H,27,28,29)/b21-12+. The van der Waals surface area contributed by atoms with Gasteiger partial charge in [0.1, 0.15) is 18.2 Å². The van der Waals surface area contributed by atoms with Crippen molar-refractivity contribution in [2.45, 2.75) is 6.61 Å². The van der Waals surface area contributed by atoms with Gasteiger partial charge < -0.3 is 10.1 Å². The zero-order valence-electron chi connectivity index (χ0n) is 15.9. The minimum Gasteiger partial charge on any atom is -0.488 e. The summed E-state index contributed by atoms with van der Waals surface area (Å²) in [6.07, 6.45) is 1.75. The number of hydrogen-bond acceptors (Lipinski definition) is 4. The SMILES string of the molecule is O=C1NC(=Nc2ccc(F)cc2)S/C1=C/c1ccccc1OCc1ccc(Cl)c(Cl)c1. The summed E-state index contributed by atoms with van der Waals surface area (Å²) >= 11 is 13.2. The number of thioether (sulfide) groups is 1. The number of amidine groups is 1. The number of benzene rings is 3. The molecule has 1 heterocycles. The molecule has 1 aliphatic heterocycles. The molecule has 0 radical (unpaired) electrons. The topological polar surface area (TPSA) is 50.7 Å². The minimum atomic E-state index is -0.342. The average Bonchev–Trinajstić information content (AvgIpc) is 3.10. The van der Waals surface area contributed by atoms with E-state index in [-0.39, 0.29) is 11.7 Å². The predicted octanol–water partition coefficient (Wildman–Crippen LogP) is 6.60. The van der Waals surface area contributed by atoms with Crippen LogP contribution in [0.3, 0.4) is 0 Å². The second-order valence-electron chi connectivity index (χ2n) is 6.53. The van der Waals surface area contributed by atoms with Crippen LogP contribution >= 0.6 is 35.0 Å². The van der Waals surface area contributed by atoms with E-state index in [2.05, 4.69) is 10.3 Å². The largest absolute Gasteiger partial charge is 0.488 e. The van der Waals surface area contributed by atoms with Crippen molar-refractivity contribution < 1.29 is 13.9 Å². The molecule has 1 N–H and O–H groups in total. The van der Waals surface area contributed by atoms with E-state index in [1.165, 1.54) is 23.9 Å². The number of nitrogens with one attached hydrogen (secondary N) is 1. The number of carbonyl (C=O) groups excluding carboxylic acids is 1. The number of ether oxygens (including phenoxy) is 1. The molecule has 0 aromatic heterocycles. The highest BCUT2D eigenvalue weighted by Gasteiger charge is 2.24. The molecule has 4 rings (SSSR count). The number of carbonyl (C=O) groups is 1. The number of aliphatic imine (C=N–C) groups is 1. The number of halogens is 3. The quantitative estimate of drug-likeness (QED) is 0.425. The highest BCUT2D eigenvalue weighted by Crippen LogP contribution is 2.31. The van der Waals surface area contributed by atoms with E-state index in [1.54, 1.807) is 30.3 Å². The second-order valence-corrected chi connectivity index (χ2v) is 8.38. The van der Waals surface area contributed by atoms with E-state index < -0.39 is 0 Å².